The molecule has 1 amide bonds. The molecule has 1 rings (SSSR count). The zero-order chi connectivity index (χ0) is 12.9. The average Bonchev–Trinajstić information content (AvgIpc) is 2.77. The van der Waals surface area contributed by atoms with Crippen molar-refractivity contribution in [2.24, 2.45) is 5.73 Å². The second kappa shape index (κ2) is 7.71. The summed E-state index contributed by atoms with van der Waals surface area (Å²) in [4.78, 5) is 18.0. The molecule has 0 aliphatic carbocycles. The molecule has 6 heteroatoms. The van der Waals surface area contributed by atoms with Gasteiger partial charge in [-0.25, -0.2) is 4.98 Å². The Morgan fingerprint density at radius 3 is 2.78 bits per heavy atom. The number of hydrogen-bond donors (Lipinski definition) is 1. The van der Waals surface area contributed by atoms with Gasteiger partial charge in [-0.05, 0) is 13.3 Å². The van der Waals surface area contributed by atoms with E-state index in [1.54, 1.807) is 36.4 Å². The van der Waals surface area contributed by atoms with E-state index in [2.05, 4.69) is 4.98 Å². The summed E-state index contributed by atoms with van der Waals surface area (Å²) in [7, 11) is 1.80. The molecular weight excluding hydrogens is 270 g/mol. The van der Waals surface area contributed by atoms with Gasteiger partial charge in [0, 0.05) is 31.6 Å². The number of carbonyl (C=O) groups is 1. The van der Waals surface area contributed by atoms with Gasteiger partial charge in [0.1, 0.15) is 0 Å². The Kier molecular flexibility index (Phi) is 7.43. The largest absolute Gasteiger partial charge is 0.344 e. The molecule has 4 nitrogen and oxygen atoms in total. The Morgan fingerprint density at radius 2 is 2.28 bits per heavy atom. The second-order valence-electron chi connectivity index (χ2n) is 4.57. The average molecular weight is 292 g/mol. The molecule has 1 aromatic rings. The van der Waals surface area contributed by atoms with Gasteiger partial charge in [-0.15, -0.1) is 23.7 Å². The fourth-order valence-corrected chi connectivity index (χ4v) is 2.41. The molecule has 0 bridgehead atoms. The Labute approximate surface area is 119 Å². The molecule has 0 aliphatic heterocycles. The first-order chi connectivity index (χ1) is 7.97. The van der Waals surface area contributed by atoms with Gasteiger partial charge in [-0.3, -0.25) is 4.79 Å². The molecule has 1 atom stereocenters. The topological polar surface area (TPSA) is 59.2 Å². The van der Waals surface area contributed by atoms with Crippen LogP contribution in [0.3, 0.4) is 0 Å². The SMILES string of the molecule is CCCC(C)(N)C(=O)N(C)CCc1nccs1.Cl. The highest BCUT2D eigenvalue weighted by Crippen LogP contribution is 2.13. The van der Waals surface area contributed by atoms with Crippen molar-refractivity contribution in [3.63, 3.8) is 0 Å². The lowest BCUT2D eigenvalue weighted by atomic mass is 9.96. The molecule has 0 spiro atoms. The van der Waals surface area contributed by atoms with E-state index < -0.39 is 5.54 Å². The molecule has 1 heterocycles. The summed E-state index contributed by atoms with van der Waals surface area (Å²) in [5.74, 6) is 0.0101. The fourth-order valence-electron chi connectivity index (χ4n) is 1.80. The second-order valence-corrected chi connectivity index (χ2v) is 5.55. The van der Waals surface area contributed by atoms with Crippen LogP contribution in [0.25, 0.3) is 0 Å². The summed E-state index contributed by atoms with van der Waals surface area (Å²) < 4.78 is 0. The third kappa shape index (κ3) is 4.92. The molecule has 1 unspecified atom stereocenters. The monoisotopic (exact) mass is 291 g/mol. The summed E-state index contributed by atoms with van der Waals surface area (Å²) >= 11 is 1.61. The Bertz CT molecular complexity index is 354. The van der Waals surface area contributed by atoms with Gasteiger partial charge in [0.25, 0.3) is 0 Å². The third-order valence-corrected chi connectivity index (χ3v) is 3.59. The van der Waals surface area contributed by atoms with Crippen molar-refractivity contribution in [1.82, 2.24) is 9.88 Å². The quantitative estimate of drug-likeness (QED) is 0.873. The van der Waals surface area contributed by atoms with E-state index in [4.69, 9.17) is 5.73 Å². The minimum Gasteiger partial charge on any atom is -0.344 e. The van der Waals surface area contributed by atoms with E-state index in [1.807, 2.05) is 12.3 Å². The molecule has 104 valence electrons. The molecule has 2 N–H and O–H groups in total. The number of halogens is 1. The lowest BCUT2D eigenvalue weighted by molar-refractivity contribution is -0.135. The van der Waals surface area contributed by atoms with Crippen LogP contribution in [-0.2, 0) is 11.2 Å². The van der Waals surface area contributed by atoms with Crippen LogP contribution in [0.4, 0.5) is 0 Å². The minimum absolute atomic E-state index is 0. The number of thiazole rings is 1. The molecule has 0 aliphatic rings. The van der Waals surface area contributed by atoms with Gasteiger partial charge in [0.05, 0.1) is 10.5 Å². The van der Waals surface area contributed by atoms with Gasteiger partial charge in [0.2, 0.25) is 5.91 Å². The molecule has 1 aromatic heterocycles. The van der Waals surface area contributed by atoms with E-state index in [0.717, 1.165) is 17.8 Å². The number of aromatic nitrogens is 1. The number of amides is 1. The summed E-state index contributed by atoms with van der Waals surface area (Å²) in [6.07, 6.45) is 4.21. The lowest BCUT2D eigenvalue weighted by Crippen LogP contribution is -2.52. The highest BCUT2D eigenvalue weighted by Gasteiger charge is 2.29. The first kappa shape index (κ1) is 17.4. The van der Waals surface area contributed by atoms with Gasteiger partial charge in [-0.1, -0.05) is 13.3 Å². The van der Waals surface area contributed by atoms with Crippen LogP contribution in [0.2, 0.25) is 0 Å². The standard InChI is InChI=1S/C12H21N3OS.ClH/c1-4-6-12(2,13)11(16)15(3)8-5-10-14-7-9-17-10;/h7,9H,4-6,8,13H2,1-3H3;1H. The van der Waals surface area contributed by atoms with Gasteiger partial charge in [0.15, 0.2) is 0 Å². The van der Waals surface area contributed by atoms with Crippen molar-refractivity contribution >= 4 is 29.7 Å². The maximum absolute atomic E-state index is 12.1. The molecule has 0 saturated heterocycles. The highest BCUT2D eigenvalue weighted by atomic mass is 35.5. The predicted molar refractivity (Wildman–Crippen MR) is 78.2 cm³/mol. The van der Waals surface area contributed by atoms with Crippen LogP contribution in [0, 0.1) is 0 Å². The van der Waals surface area contributed by atoms with Crippen LogP contribution in [0.15, 0.2) is 11.6 Å². The number of carbonyl (C=O) groups excluding carboxylic acids is 1. The summed E-state index contributed by atoms with van der Waals surface area (Å²) in [5.41, 5.74) is 5.27. The fraction of sp³-hybridized carbons (Fsp3) is 0.667. The molecular formula is C12H22ClN3OS. The minimum atomic E-state index is -0.744. The van der Waals surface area contributed by atoms with Crippen molar-refractivity contribution in [3.8, 4) is 0 Å². The molecule has 0 fully saturated rings. The van der Waals surface area contributed by atoms with E-state index in [0.29, 0.717) is 13.0 Å². The Balaban J connectivity index is 0.00000289. The number of likely N-dealkylation sites (N-methyl/N-ethyl adjacent to an activating group) is 1. The molecule has 0 radical (unpaired) electrons. The molecule has 0 saturated carbocycles. The summed E-state index contributed by atoms with van der Waals surface area (Å²) in [6.45, 7) is 4.51. The number of nitrogens with zero attached hydrogens (tertiary/aromatic N) is 2. The highest BCUT2D eigenvalue weighted by molar-refractivity contribution is 7.09. The van der Waals surface area contributed by atoms with Crippen LogP contribution in [0.1, 0.15) is 31.7 Å². The van der Waals surface area contributed by atoms with Gasteiger partial charge in [-0.2, -0.15) is 0 Å². The van der Waals surface area contributed by atoms with E-state index in [-0.39, 0.29) is 18.3 Å². The Hall–Kier alpha value is -0.650. The van der Waals surface area contributed by atoms with Crippen molar-refractivity contribution in [2.75, 3.05) is 13.6 Å². The maximum Gasteiger partial charge on any atom is 0.242 e. The van der Waals surface area contributed by atoms with E-state index in [1.165, 1.54) is 0 Å². The van der Waals surface area contributed by atoms with Gasteiger partial charge >= 0.3 is 0 Å². The summed E-state index contributed by atoms with van der Waals surface area (Å²) in [5, 5.41) is 3.00. The predicted octanol–water partition coefficient (Wildman–Crippen LogP) is 2.08. The zero-order valence-electron chi connectivity index (χ0n) is 11.2. The zero-order valence-corrected chi connectivity index (χ0v) is 12.8. The third-order valence-electron chi connectivity index (χ3n) is 2.75. The first-order valence-corrected chi connectivity index (χ1v) is 6.78. The van der Waals surface area contributed by atoms with E-state index in [9.17, 15) is 4.79 Å². The van der Waals surface area contributed by atoms with Crippen LogP contribution < -0.4 is 5.73 Å². The first-order valence-electron chi connectivity index (χ1n) is 5.90. The Morgan fingerprint density at radius 1 is 1.61 bits per heavy atom. The van der Waals surface area contributed by atoms with Crippen molar-refractivity contribution in [2.45, 2.75) is 38.6 Å². The van der Waals surface area contributed by atoms with Crippen LogP contribution in [-0.4, -0.2) is 34.9 Å². The van der Waals surface area contributed by atoms with E-state index >= 15 is 0 Å². The van der Waals surface area contributed by atoms with Crippen molar-refractivity contribution < 1.29 is 4.79 Å². The number of nitrogens with two attached hydrogens (primary N) is 1. The number of rotatable bonds is 6. The molecule has 0 aromatic carbocycles. The smallest absolute Gasteiger partial charge is 0.242 e. The van der Waals surface area contributed by atoms with Crippen LogP contribution >= 0.6 is 23.7 Å². The normalized spacial score (nSPS) is 13.6. The summed E-state index contributed by atoms with van der Waals surface area (Å²) in [6, 6.07) is 0. The van der Waals surface area contributed by atoms with Crippen molar-refractivity contribution in [1.29, 1.82) is 0 Å². The number of hydrogen-bond acceptors (Lipinski definition) is 4. The van der Waals surface area contributed by atoms with Gasteiger partial charge < -0.3 is 10.6 Å². The lowest BCUT2D eigenvalue weighted by Gasteiger charge is -2.28. The van der Waals surface area contributed by atoms with Crippen molar-refractivity contribution in [3.05, 3.63) is 16.6 Å². The van der Waals surface area contributed by atoms with Crippen LogP contribution in [0.5, 0.6) is 0 Å². The molecule has 18 heavy (non-hydrogen) atoms. The maximum atomic E-state index is 12.1.